The van der Waals surface area contributed by atoms with Crippen molar-refractivity contribution in [3.63, 3.8) is 0 Å². The standard InChI is InChI=1S/C9H13N3O5/c10-4(3-7(14)15)8(16)11-5-1-2-6(13)12-9(5)17/h4-5H,1-3,10H2,(H,11,16)(H,14,15)(H,12,13,17). The Morgan fingerprint density at radius 2 is 2.18 bits per heavy atom. The highest BCUT2D eigenvalue weighted by atomic mass is 16.4. The molecular weight excluding hydrogens is 230 g/mol. The number of nitrogens with one attached hydrogen (secondary N) is 2. The molecule has 1 aliphatic rings. The Kier molecular flexibility index (Phi) is 4.16. The van der Waals surface area contributed by atoms with Crippen molar-refractivity contribution < 1.29 is 24.3 Å². The molecule has 1 rings (SSSR count). The number of aliphatic carboxylic acids is 1. The number of carboxylic acid groups (broad SMARTS) is 1. The van der Waals surface area contributed by atoms with E-state index in [9.17, 15) is 19.2 Å². The summed E-state index contributed by atoms with van der Waals surface area (Å²) in [5, 5.41) is 12.8. The number of rotatable bonds is 4. The maximum Gasteiger partial charge on any atom is 0.305 e. The first-order valence-electron chi connectivity index (χ1n) is 5.01. The summed E-state index contributed by atoms with van der Waals surface area (Å²) in [5.41, 5.74) is 5.32. The van der Waals surface area contributed by atoms with Gasteiger partial charge in [0.05, 0.1) is 12.5 Å². The van der Waals surface area contributed by atoms with Gasteiger partial charge in [0.15, 0.2) is 0 Å². The molecule has 2 atom stereocenters. The lowest BCUT2D eigenvalue weighted by atomic mass is 10.1. The summed E-state index contributed by atoms with van der Waals surface area (Å²) in [6, 6.07) is -2.04. The third kappa shape index (κ3) is 3.83. The lowest BCUT2D eigenvalue weighted by molar-refractivity contribution is -0.140. The van der Waals surface area contributed by atoms with Gasteiger partial charge in [-0.15, -0.1) is 0 Å². The highest BCUT2D eigenvalue weighted by Crippen LogP contribution is 2.04. The van der Waals surface area contributed by atoms with E-state index in [0.717, 1.165) is 0 Å². The molecule has 0 aromatic heterocycles. The first kappa shape index (κ1) is 13.1. The van der Waals surface area contributed by atoms with E-state index in [1.165, 1.54) is 0 Å². The molecular formula is C9H13N3O5. The van der Waals surface area contributed by atoms with E-state index in [1.54, 1.807) is 0 Å². The van der Waals surface area contributed by atoms with Crippen LogP contribution in [0.15, 0.2) is 0 Å². The van der Waals surface area contributed by atoms with Gasteiger partial charge in [-0.3, -0.25) is 24.5 Å². The Labute approximate surface area is 96.5 Å². The van der Waals surface area contributed by atoms with E-state index in [0.29, 0.717) is 0 Å². The van der Waals surface area contributed by atoms with Crippen LogP contribution in [0, 0.1) is 0 Å². The average molecular weight is 243 g/mol. The summed E-state index contributed by atoms with van der Waals surface area (Å²) < 4.78 is 0. The topological polar surface area (TPSA) is 139 Å². The summed E-state index contributed by atoms with van der Waals surface area (Å²) in [6.07, 6.45) is -0.194. The minimum absolute atomic E-state index is 0.130. The van der Waals surface area contributed by atoms with Crippen LogP contribution in [0.4, 0.5) is 0 Å². The molecule has 94 valence electrons. The first-order chi connectivity index (χ1) is 7.90. The predicted octanol–water partition coefficient (Wildman–Crippen LogP) is -2.29. The van der Waals surface area contributed by atoms with Crippen LogP contribution in [-0.4, -0.2) is 40.9 Å². The largest absolute Gasteiger partial charge is 0.481 e. The normalized spacial score (nSPS) is 21.6. The second-order valence-corrected chi connectivity index (χ2v) is 3.72. The number of piperidine rings is 1. The van der Waals surface area contributed by atoms with Crippen molar-refractivity contribution in [2.24, 2.45) is 5.73 Å². The quantitative estimate of drug-likeness (QED) is 0.410. The maximum atomic E-state index is 11.4. The fraction of sp³-hybridized carbons (Fsp3) is 0.556. The number of carbonyl (C=O) groups excluding carboxylic acids is 3. The van der Waals surface area contributed by atoms with Gasteiger partial charge in [-0.2, -0.15) is 0 Å². The Morgan fingerprint density at radius 3 is 2.71 bits per heavy atom. The van der Waals surface area contributed by atoms with Gasteiger partial charge in [0.1, 0.15) is 6.04 Å². The zero-order valence-corrected chi connectivity index (χ0v) is 8.93. The predicted molar refractivity (Wildman–Crippen MR) is 54.5 cm³/mol. The molecule has 0 saturated carbocycles. The Morgan fingerprint density at radius 1 is 1.53 bits per heavy atom. The van der Waals surface area contributed by atoms with Gasteiger partial charge >= 0.3 is 5.97 Å². The SMILES string of the molecule is NC(CC(=O)O)C(=O)NC1CCC(=O)NC1=O. The Bertz CT molecular complexity index is 368. The van der Waals surface area contributed by atoms with Crippen LogP contribution >= 0.6 is 0 Å². The lowest BCUT2D eigenvalue weighted by Crippen LogP contribution is -2.55. The fourth-order valence-electron chi connectivity index (χ4n) is 1.39. The molecule has 1 saturated heterocycles. The summed E-state index contributed by atoms with van der Waals surface area (Å²) in [4.78, 5) is 43.9. The molecule has 5 N–H and O–H groups in total. The van der Waals surface area contributed by atoms with Gasteiger partial charge in [-0.05, 0) is 6.42 Å². The lowest BCUT2D eigenvalue weighted by Gasteiger charge is -2.22. The number of imide groups is 1. The number of amides is 3. The smallest absolute Gasteiger partial charge is 0.305 e. The molecule has 0 bridgehead atoms. The first-order valence-corrected chi connectivity index (χ1v) is 5.01. The molecule has 1 aliphatic heterocycles. The van der Waals surface area contributed by atoms with Crippen molar-refractivity contribution in [3.8, 4) is 0 Å². The van der Waals surface area contributed by atoms with Crippen LogP contribution in [0.3, 0.4) is 0 Å². The number of carbonyl (C=O) groups is 4. The molecule has 0 aliphatic carbocycles. The van der Waals surface area contributed by atoms with E-state index in [1.807, 2.05) is 0 Å². The monoisotopic (exact) mass is 243 g/mol. The van der Waals surface area contributed by atoms with Crippen LogP contribution in [0.25, 0.3) is 0 Å². The van der Waals surface area contributed by atoms with E-state index in [4.69, 9.17) is 10.8 Å². The molecule has 8 nitrogen and oxygen atoms in total. The molecule has 0 spiro atoms. The summed E-state index contributed by atoms with van der Waals surface area (Å²) in [5.74, 6) is -2.91. The summed E-state index contributed by atoms with van der Waals surface area (Å²) in [7, 11) is 0. The molecule has 2 unspecified atom stereocenters. The van der Waals surface area contributed by atoms with Crippen LogP contribution < -0.4 is 16.4 Å². The van der Waals surface area contributed by atoms with Crippen molar-refractivity contribution in [2.75, 3.05) is 0 Å². The maximum absolute atomic E-state index is 11.4. The molecule has 3 amide bonds. The van der Waals surface area contributed by atoms with Crippen LogP contribution in [0.5, 0.6) is 0 Å². The van der Waals surface area contributed by atoms with Crippen molar-refractivity contribution in [1.82, 2.24) is 10.6 Å². The van der Waals surface area contributed by atoms with E-state index in [-0.39, 0.29) is 12.8 Å². The highest BCUT2D eigenvalue weighted by Gasteiger charge is 2.29. The molecule has 0 aromatic carbocycles. The van der Waals surface area contributed by atoms with Gasteiger partial charge in [0.2, 0.25) is 17.7 Å². The second kappa shape index (κ2) is 5.39. The van der Waals surface area contributed by atoms with Crippen LogP contribution in [-0.2, 0) is 19.2 Å². The number of nitrogens with two attached hydrogens (primary N) is 1. The minimum Gasteiger partial charge on any atom is -0.481 e. The number of carboxylic acids is 1. The van der Waals surface area contributed by atoms with Crippen molar-refractivity contribution in [3.05, 3.63) is 0 Å². The third-order valence-corrected chi connectivity index (χ3v) is 2.29. The molecule has 0 aromatic rings. The van der Waals surface area contributed by atoms with Gasteiger partial charge in [-0.1, -0.05) is 0 Å². The Hall–Kier alpha value is -1.96. The fourth-order valence-corrected chi connectivity index (χ4v) is 1.39. The molecule has 17 heavy (non-hydrogen) atoms. The van der Waals surface area contributed by atoms with Gasteiger partial charge < -0.3 is 16.2 Å². The van der Waals surface area contributed by atoms with Crippen molar-refractivity contribution in [2.45, 2.75) is 31.3 Å². The van der Waals surface area contributed by atoms with Crippen LogP contribution in [0.2, 0.25) is 0 Å². The molecule has 1 heterocycles. The van der Waals surface area contributed by atoms with Crippen molar-refractivity contribution in [1.29, 1.82) is 0 Å². The van der Waals surface area contributed by atoms with Gasteiger partial charge in [0, 0.05) is 6.42 Å². The average Bonchev–Trinajstić information content (AvgIpc) is 2.21. The zero-order valence-electron chi connectivity index (χ0n) is 8.93. The Balaban J connectivity index is 2.48. The van der Waals surface area contributed by atoms with Gasteiger partial charge in [0.25, 0.3) is 0 Å². The highest BCUT2D eigenvalue weighted by molar-refractivity contribution is 6.02. The number of hydrogen-bond donors (Lipinski definition) is 4. The van der Waals surface area contributed by atoms with Crippen molar-refractivity contribution >= 4 is 23.7 Å². The molecule has 1 fully saturated rings. The third-order valence-electron chi connectivity index (χ3n) is 2.29. The van der Waals surface area contributed by atoms with E-state index in [2.05, 4.69) is 10.6 Å². The summed E-state index contributed by atoms with van der Waals surface area (Å²) >= 11 is 0. The molecule has 8 heteroatoms. The van der Waals surface area contributed by atoms with Crippen LogP contribution in [0.1, 0.15) is 19.3 Å². The second-order valence-electron chi connectivity index (χ2n) is 3.72. The van der Waals surface area contributed by atoms with E-state index < -0.39 is 42.2 Å². The minimum atomic E-state index is -1.21. The number of hydrogen-bond acceptors (Lipinski definition) is 5. The van der Waals surface area contributed by atoms with E-state index >= 15 is 0 Å². The molecule has 0 radical (unpaired) electrons. The zero-order chi connectivity index (χ0) is 13.0. The summed E-state index contributed by atoms with van der Waals surface area (Å²) in [6.45, 7) is 0. The van der Waals surface area contributed by atoms with Gasteiger partial charge in [-0.25, -0.2) is 0 Å².